The van der Waals surface area contributed by atoms with Gasteiger partial charge in [0, 0.05) is 23.8 Å². The number of hydrogen-bond acceptors (Lipinski definition) is 2. The van der Waals surface area contributed by atoms with E-state index < -0.39 is 0 Å². The summed E-state index contributed by atoms with van der Waals surface area (Å²) in [5.74, 6) is 0.737. The van der Waals surface area contributed by atoms with E-state index in [4.69, 9.17) is 0 Å². The molecule has 0 saturated carbocycles. The number of nitrogens with zero attached hydrogens (tertiary/aromatic N) is 1. The molecule has 0 bridgehead atoms. The summed E-state index contributed by atoms with van der Waals surface area (Å²) in [6.45, 7) is 5.50. The lowest BCUT2D eigenvalue weighted by molar-refractivity contribution is 0.607. The highest BCUT2D eigenvalue weighted by Crippen LogP contribution is 2.20. The van der Waals surface area contributed by atoms with Gasteiger partial charge in [-0.1, -0.05) is 32.0 Å². The van der Waals surface area contributed by atoms with Crippen LogP contribution in [0.15, 0.2) is 36.5 Å². The van der Waals surface area contributed by atoms with Crippen LogP contribution in [0.4, 0.5) is 5.69 Å². The number of aromatic nitrogens is 1. The average Bonchev–Trinajstić information content (AvgIpc) is 2.29. The van der Waals surface area contributed by atoms with Gasteiger partial charge in [0.15, 0.2) is 0 Å². The van der Waals surface area contributed by atoms with Gasteiger partial charge in [0.25, 0.3) is 0 Å². The van der Waals surface area contributed by atoms with Gasteiger partial charge in [-0.15, -0.1) is 0 Å². The molecule has 0 saturated heterocycles. The molecule has 0 aliphatic rings. The third-order valence-electron chi connectivity index (χ3n) is 2.69. The van der Waals surface area contributed by atoms with Crippen molar-refractivity contribution in [1.29, 1.82) is 0 Å². The average molecular weight is 214 g/mol. The Bertz CT molecular complexity index is 458. The van der Waals surface area contributed by atoms with Gasteiger partial charge in [-0.05, 0) is 24.5 Å². The molecule has 2 aromatic rings. The van der Waals surface area contributed by atoms with Crippen LogP contribution in [0.2, 0.25) is 0 Å². The molecule has 2 heteroatoms. The van der Waals surface area contributed by atoms with Crippen molar-refractivity contribution >= 4 is 16.6 Å². The molecule has 0 amide bonds. The van der Waals surface area contributed by atoms with E-state index in [0.717, 1.165) is 18.0 Å². The number of fused-ring (bicyclic) bond motifs is 1. The summed E-state index contributed by atoms with van der Waals surface area (Å²) in [6.07, 6.45) is 3.05. The van der Waals surface area contributed by atoms with Crippen molar-refractivity contribution in [1.82, 2.24) is 4.98 Å². The normalized spacial score (nSPS) is 10.9. The fourth-order valence-corrected chi connectivity index (χ4v) is 1.75. The Balaban J connectivity index is 2.17. The molecule has 1 N–H and O–H groups in total. The lowest BCUT2D eigenvalue weighted by atomic mass is 10.1. The van der Waals surface area contributed by atoms with Gasteiger partial charge < -0.3 is 5.32 Å². The first-order valence-electron chi connectivity index (χ1n) is 5.85. The van der Waals surface area contributed by atoms with Gasteiger partial charge in [-0.25, -0.2) is 0 Å². The van der Waals surface area contributed by atoms with Gasteiger partial charge in [-0.3, -0.25) is 4.98 Å². The van der Waals surface area contributed by atoms with E-state index in [2.05, 4.69) is 36.3 Å². The zero-order valence-corrected chi connectivity index (χ0v) is 9.90. The SMILES string of the molecule is CC(C)CCNc1ccnc2ccccc12. The van der Waals surface area contributed by atoms with E-state index >= 15 is 0 Å². The third-order valence-corrected chi connectivity index (χ3v) is 2.69. The van der Waals surface area contributed by atoms with Crippen molar-refractivity contribution in [3.05, 3.63) is 36.5 Å². The number of anilines is 1. The second-order valence-electron chi connectivity index (χ2n) is 4.48. The molecule has 1 aromatic carbocycles. The smallest absolute Gasteiger partial charge is 0.0722 e. The molecule has 0 unspecified atom stereocenters. The minimum absolute atomic E-state index is 0.737. The summed E-state index contributed by atoms with van der Waals surface area (Å²) >= 11 is 0. The standard InChI is InChI=1S/C14H18N2/c1-11(2)7-9-15-14-8-10-16-13-6-4-3-5-12(13)14/h3-6,8,10-11H,7,9H2,1-2H3,(H,15,16). The summed E-state index contributed by atoms with van der Waals surface area (Å²) < 4.78 is 0. The van der Waals surface area contributed by atoms with Crippen molar-refractivity contribution in [2.75, 3.05) is 11.9 Å². The van der Waals surface area contributed by atoms with Crippen LogP contribution in [0.3, 0.4) is 0 Å². The maximum absolute atomic E-state index is 4.35. The Labute approximate surface area is 96.7 Å². The van der Waals surface area contributed by atoms with Crippen molar-refractivity contribution < 1.29 is 0 Å². The Kier molecular flexibility index (Phi) is 3.40. The molecule has 0 aliphatic carbocycles. The summed E-state index contributed by atoms with van der Waals surface area (Å²) in [4.78, 5) is 4.35. The number of nitrogens with one attached hydrogen (secondary N) is 1. The molecule has 1 heterocycles. The van der Waals surface area contributed by atoms with Crippen LogP contribution in [0.25, 0.3) is 10.9 Å². The number of para-hydroxylation sites is 1. The number of benzene rings is 1. The summed E-state index contributed by atoms with van der Waals surface area (Å²) in [5, 5.41) is 4.68. The van der Waals surface area contributed by atoms with E-state index in [0.29, 0.717) is 0 Å². The van der Waals surface area contributed by atoms with Crippen LogP contribution in [-0.2, 0) is 0 Å². The van der Waals surface area contributed by atoms with E-state index in [1.165, 1.54) is 17.5 Å². The highest BCUT2D eigenvalue weighted by atomic mass is 14.9. The Morgan fingerprint density at radius 3 is 2.81 bits per heavy atom. The fraction of sp³-hybridized carbons (Fsp3) is 0.357. The fourth-order valence-electron chi connectivity index (χ4n) is 1.75. The molecule has 0 atom stereocenters. The first-order valence-corrected chi connectivity index (χ1v) is 5.85. The predicted octanol–water partition coefficient (Wildman–Crippen LogP) is 3.69. The summed E-state index contributed by atoms with van der Waals surface area (Å²) in [6, 6.07) is 10.3. The lowest BCUT2D eigenvalue weighted by Crippen LogP contribution is -2.05. The molecular formula is C14H18N2. The molecule has 0 aliphatic heterocycles. The molecule has 0 spiro atoms. The topological polar surface area (TPSA) is 24.9 Å². The molecule has 2 nitrogen and oxygen atoms in total. The van der Waals surface area contributed by atoms with Crippen molar-refractivity contribution in [3.63, 3.8) is 0 Å². The predicted molar refractivity (Wildman–Crippen MR) is 69.7 cm³/mol. The molecule has 0 fully saturated rings. The lowest BCUT2D eigenvalue weighted by Gasteiger charge is -2.10. The van der Waals surface area contributed by atoms with Crippen molar-refractivity contribution in [2.45, 2.75) is 20.3 Å². The zero-order chi connectivity index (χ0) is 11.4. The van der Waals surface area contributed by atoms with Crippen molar-refractivity contribution in [3.8, 4) is 0 Å². The maximum Gasteiger partial charge on any atom is 0.0722 e. The van der Waals surface area contributed by atoms with E-state index in [1.54, 1.807) is 0 Å². The highest BCUT2D eigenvalue weighted by molar-refractivity contribution is 5.90. The first-order chi connectivity index (χ1) is 7.77. The van der Waals surface area contributed by atoms with Crippen LogP contribution >= 0.6 is 0 Å². The van der Waals surface area contributed by atoms with E-state index in [1.807, 2.05) is 24.4 Å². The maximum atomic E-state index is 4.35. The number of rotatable bonds is 4. The van der Waals surface area contributed by atoms with Gasteiger partial charge in [-0.2, -0.15) is 0 Å². The van der Waals surface area contributed by atoms with Crippen LogP contribution in [-0.4, -0.2) is 11.5 Å². The second-order valence-corrected chi connectivity index (χ2v) is 4.48. The first kappa shape index (κ1) is 10.9. The largest absolute Gasteiger partial charge is 0.384 e. The highest BCUT2D eigenvalue weighted by Gasteiger charge is 2.00. The summed E-state index contributed by atoms with van der Waals surface area (Å²) in [7, 11) is 0. The van der Waals surface area contributed by atoms with Gasteiger partial charge in [0.05, 0.1) is 5.52 Å². The second kappa shape index (κ2) is 4.97. The third kappa shape index (κ3) is 2.51. The minimum atomic E-state index is 0.737. The quantitative estimate of drug-likeness (QED) is 0.839. The number of hydrogen-bond donors (Lipinski definition) is 1. The van der Waals surface area contributed by atoms with Crippen LogP contribution in [0, 0.1) is 5.92 Å². The summed E-state index contributed by atoms with van der Waals surface area (Å²) in [5.41, 5.74) is 2.24. The van der Waals surface area contributed by atoms with E-state index in [9.17, 15) is 0 Å². The molecule has 16 heavy (non-hydrogen) atoms. The van der Waals surface area contributed by atoms with Crippen LogP contribution in [0.1, 0.15) is 20.3 Å². The Morgan fingerprint density at radius 1 is 1.19 bits per heavy atom. The Morgan fingerprint density at radius 2 is 2.00 bits per heavy atom. The number of pyridine rings is 1. The molecule has 84 valence electrons. The van der Waals surface area contributed by atoms with Crippen molar-refractivity contribution in [2.24, 2.45) is 5.92 Å². The van der Waals surface area contributed by atoms with Gasteiger partial charge in [0.1, 0.15) is 0 Å². The molecule has 1 aromatic heterocycles. The molecule has 0 radical (unpaired) electrons. The van der Waals surface area contributed by atoms with Crippen LogP contribution < -0.4 is 5.32 Å². The van der Waals surface area contributed by atoms with Crippen LogP contribution in [0.5, 0.6) is 0 Å². The van der Waals surface area contributed by atoms with Gasteiger partial charge in [0.2, 0.25) is 0 Å². The molecule has 2 rings (SSSR count). The zero-order valence-electron chi connectivity index (χ0n) is 9.90. The molecular weight excluding hydrogens is 196 g/mol. The van der Waals surface area contributed by atoms with E-state index in [-0.39, 0.29) is 0 Å². The minimum Gasteiger partial charge on any atom is -0.384 e. The monoisotopic (exact) mass is 214 g/mol. The van der Waals surface area contributed by atoms with Gasteiger partial charge >= 0.3 is 0 Å². The Hall–Kier alpha value is -1.57.